The first-order chi connectivity index (χ1) is 6.65. The summed E-state index contributed by atoms with van der Waals surface area (Å²) in [5.41, 5.74) is 0.559. The van der Waals surface area contributed by atoms with E-state index >= 15 is 0 Å². The molecule has 0 aliphatic carbocycles. The highest BCUT2D eigenvalue weighted by molar-refractivity contribution is 9.10. The van der Waals surface area contributed by atoms with Crippen molar-refractivity contribution in [3.8, 4) is 0 Å². The Morgan fingerprint density at radius 3 is 2.86 bits per heavy atom. The van der Waals surface area contributed by atoms with Crippen molar-refractivity contribution in [1.82, 2.24) is 9.97 Å². The molecule has 0 aromatic carbocycles. The molecule has 0 radical (unpaired) electrons. The van der Waals surface area contributed by atoms with Crippen LogP contribution >= 0.6 is 15.9 Å². The van der Waals surface area contributed by atoms with Crippen LogP contribution in [0.3, 0.4) is 0 Å². The van der Waals surface area contributed by atoms with Crippen LogP contribution in [-0.2, 0) is 0 Å². The summed E-state index contributed by atoms with van der Waals surface area (Å²) in [6.07, 6.45) is 2.19. The lowest BCUT2D eigenvalue weighted by Crippen LogP contribution is -2.15. The molecule has 0 amide bonds. The molecule has 0 unspecified atom stereocenters. The van der Waals surface area contributed by atoms with Crippen molar-refractivity contribution >= 4 is 21.9 Å². The summed E-state index contributed by atoms with van der Waals surface area (Å²) in [5.74, 6) is 0.546. The number of anilines is 1. The van der Waals surface area contributed by atoms with Crippen molar-refractivity contribution in [2.75, 3.05) is 11.9 Å². The van der Waals surface area contributed by atoms with Gasteiger partial charge in [-0.1, -0.05) is 13.3 Å². The topological polar surface area (TPSA) is 57.8 Å². The maximum atomic E-state index is 11.3. The van der Waals surface area contributed by atoms with Crippen molar-refractivity contribution in [3.63, 3.8) is 0 Å². The van der Waals surface area contributed by atoms with Gasteiger partial charge in [-0.3, -0.25) is 9.78 Å². The molecule has 2 N–H and O–H groups in total. The number of aromatic nitrogens is 2. The highest BCUT2D eigenvalue weighted by Crippen LogP contribution is 2.08. The molecule has 1 rings (SSSR count). The SMILES string of the molecule is CCCCNc1nc(C)c(Br)c(=O)[nH]1. The van der Waals surface area contributed by atoms with E-state index in [1.165, 1.54) is 0 Å². The molecule has 0 atom stereocenters. The highest BCUT2D eigenvalue weighted by Gasteiger charge is 2.03. The summed E-state index contributed by atoms with van der Waals surface area (Å²) in [6, 6.07) is 0. The summed E-state index contributed by atoms with van der Waals surface area (Å²) < 4.78 is 0.499. The van der Waals surface area contributed by atoms with Crippen LogP contribution in [0, 0.1) is 6.92 Å². The van der Waals surface area contributed by atoms with Gasteiger partial charge in [-0.15, -0.1) is 0 Å². The number of hydrogen-bond donors (Lipinski definition) is 2. The van der Waals surface area contributed by atoms with E-state index in [9.17, 15) is 4.79 Å². The quantitative estimate of drug-likeness (QED) is 0.814. The van der Waals surface area contributed by atoms with E-state index < -0.39 is 0 Å². The third kappa shape index (κ3) is 2.83. The number of nitrogens with one attached hydrogen (secondary N) is 2. The standard InChI is InChI=1S/C9H14BrN3O/c1-3-4-5-11-9-12-6(2)7(10)8(14)13-9/h3-5H2,1-2H3,(H2,11,12,13,14). The summed E-state index contributed by atoms with van der Waals surface area (Å²) in [6.45, 7) is 4.75. The van der Waals surface area contributed by atoms with E-state index in [-0.39, 0.29) is 5.56 Å². The summed E-state index contributed by atoms with van der Waals surface area (Å²) in [4.78, 5) is 18.2. The molecule has 4 nitrogen and oxygen atoms in total. The first-order valence-electron chi connectivity index (χ1n) is 4.65. The molecule has 78 valence electrons. The number of nitrogens with zero attached hydrogens (tertiary/aromatic N) is 1. The third-order valence-electron chi connectivity index (χ3n) is 1.85. The number of halogens is 1. The van der Waals surface area contributed by atoms with Gasteiger partial charge in [0.25, 0.3) is 5.56 Å². The highest BCUT2D eigenvalue weighted by atomic mass is 79.9. The predicted octanol–water partition coefficient (Wildman–Crippen LogP) is 2.05. The summed E-state index contributed by atoms with van der Waals surface area (Å²) in [5, 5.41) is 3.07. The van der Waals surface area contributed by atoms with E-state index in [4.69, 9.17) is 0 Å². The minimum atomic E-state index is -0.142. The molecular formula is C9H14BrN3O. The van der Waals surface area contributed by atoms with Crippen LogP contribution in [0.15, 0.2) is 9.27 Å². The molecule has 0 aliphatic rings. The number of H-pyrrole nitrogens is 1. The van der Waals surface area contributed by atoms with Gasteiger partial charge in [-0.2, -0.15) is 0 Å². The Labute approximate surface area is 91.3 Å². The van der Waals surface area contributed by atoms with Crippen molar-refractivity contribution in [1.29, 1.82) is 0 Å². The van der Waals surface area contributed by atoms with Crippen molar-refractivity contribution < 1.29 is 0 Å². The number of hydrogen-bond acceptors (Lipinski definition) is 3. The zero-order valence-electron chi connectivity index (χ0n) is 8.35. The van der Waals surface area contributed by atoms with Gasteiger partial charge in [0.2, 0.25) is 5.95 Å². The van der Waals surface area contributed by atoms with E-state index in [0.29, 0.717) is 16.1 Å². The maximum absolute atomic E-state index is 11.3. The number of unbranched alkanes of at least 4 members (excludes halogenated alkanes) is 1. The van der Waals surface area contributed by atoms with Crippen molar-refractivity contribution in [2.45, 2.75) is 26.7 Å². The van der Waals surface area contributed by atoms with Crippen LogP contribution in [0.1, 0.15) is 25.5 Å². The fourth-order valence-corrected chi connectivity index (χ4v) is 1.23. The predicted molar refractivity (Wildman–Crippen MR) is 60.7 cm³/mol. The van der Waals surface area contributed by atoms with Crippen LogP contribution in [0.4, 0.5) is 5.95 Å². The third-order valence-corrected chi connectivity index (χ3v) is 2.79. The molecule has 5 heteroatoms. The molecule has 0 saturated carbocycles. The van der Waals surface area contributed by atoms with Gasteiger partial charge in [-0.25, -0.2) is 4.98 Å². The minimum Gasteiger partial charge on any atom is -0.356 e. The zero-order chi connectivity index (χ0) is 10.6. The van der Waals surface area contributed by atoms with Gasteiger partial charge in [0, 0.05) is 6.54 Å². The average molecular weight is 260 g/mol. The number of aromatic amines is 1. The lowest BCUT2D eigenvalue weighted by Gasteiger charge is -2.05. The van der Waals surface area contributed by atoms with Crippen molar-refractivity contribution in [3.05, 3.63) is 20.5 Å². The molecule has 1 heterocycles. The number of aryl methyl sites for hydroxylation is 1. The van der Waals surface area contributed by atoms with Gasteiger partial charge in [0.1, 0.15) is 4.47 Å². The molecule has 14 heavy (non-hydrogen) atoms. The Balaban J connectivity index is 2.75. The molecule has 0 saturated heterocycles. The van der Waals surface area contributed by atoms with E-state index in [2.05, 4.69) is 38.1 Å². The van der Waals surface area contributed by atoms with E-state index in [1.54, 1.807) is 6.92 Å². The average Bonchev–Trinajstić information content (AvgIpc) is 2.14. The Hall–Kier alpha value is -0.840. The van der Waals surface area contributed by atoms with Crippen LogP contribution in [-0.4, -0.2) is 16.5 Å². The zero-order valence-corrected chi connectivity index (χ0v) is 9.94. The lowest BCUT2D eigenvalue weighted by molar-refractivity contribution is 0.823. The Morgan fingerprint density at radius 2 is 2.29 bits per heavy atom. The summed E-state index contributed by atoms with van der Waals surface area (Å²) >= 11 is 3.16. The first-order valence-corrected chi connectivity index (χ1v) is 5.44. The van der Waals surface area contributed by atoms with Gasteiger partial charge in [0.05, 0.1) is 5.69 Å². The van der Waals surface area contributed by atoms with E-state index in [1.807, 2.05) is 0 Å². The van der Waals surface area contributed by atoms with Crippen LogP contribution in [0.25, 0.3) is 0 Å². The maximum Gasteiger partial charge on any atom is 0.266 e. The fraction of sp³-hybridized carbons (Fsp3) is 0.556. The number of rotatable bonds is 4. The second-order valence-corrected chi connectivity index (χ2v) is 3.89. The van der Waals surface area contributed by atoms with Crippen LogP contribution in [0.2, 0.25) is 0 Å². The molecular weight excluding hydrogens is 246 g/mol. The molecule has 0 spiro atoms. The smallest absolute Gasteiger partial charge is 0.266 e. The monoisotopic (exact) mass is 259 g/mol. The van der Waals surface area contributed by atoms with Crippen LogP contribution in [0.5, 0.6) is 0 Å². The van der Waals surface area contributed by atoms with Crippen LogP contribution < -0.4 is 10.9 Å². The molecule has 0 aliphatic heterocycles. The fourth-order valence-electron chi connectivity index (χ4n) is 1.04. The lowest BCUT2D eigenvalue weighted by atomic mass is 10.3. The van der Waals surface area contributed by atoms with Gasteiger partial charge < -0.3 is 5.32 Å². The second-order valence-electron chi connectivity index (χ2n) is 3.09. The Bertz CT molecular complexity index is 362. The Kier molecular flexibility index (Phi) is 4.13. The molecule has 0 fully saturated rings. The van der Waals surface area contributed by atoms with Gasteiger partial charge in [0.15, 0.2) is 0 Å². The first kappa shape index (κ1) is 11.2. The minimum absolute atomic E-state index is 0.142. The Morgan fingerprint density at radius 1 is 1.57 bits per heavy atom. The molecule has 0 bridgehead atoms. The molecule has 1 aromatic heterocycles. The van der Waals surface area contributed by atoms with Crippen molar-refractivity contribution in [2.24, 2.45) is 0 Å². The van der Waals surface area contributed by atoms with E-state index in [0.717, 1.165) is 19.4 Å². The van der Waals surface area contributed by atoms with Gasteiger partial charge in [-0.05, 0) is 29.3 Å². The normalized spacial score (nSPS) is 10.2. The summed E-state index contributed by atoms with van der Waals surface area (Å²) in [7, 11) is 0. The largest absolute Gasteiger partial charge is 0.356 e. The second kappa shape index (κ2) is 5.14. The molecule has 1 aromatic rings. The van der Waals surface area contributed by atoms with Gasteiger partial charge >= 0.3 is 0 Å².